The van der Waals surface area contributed by atoms with E-state index in [-0.39, 0.29) is 24.3 Å². The molecule has 0 saturated carbocycles. The lowest BCUT2D eigenvalue weighted by molar-refractivity contribution is -0.136. The van der Waals surface area contributed by atoms with Gasteiger partial charge in [0.25, 0.3) is 0 Å². The first-order valence-corrected chi connectivity index (χ1v) is 11.9. The Morgan fingerprint density at radius 2 is 1.84 bits per heavy atom. The van der Waals surface area contributed by atoms with Gasteiger partial charge in [-0.1, -0.05) is 48.5 Å². The van der Waals surface area contributed by atoms with Gasteiger partial charge in [-0.3, -0.25) is 4.79 Å². The lowest BCUT2D eigenvalue weighted by Gasteiger charge is -2.37. The van der Waals surface area contributed by atoms with Crippen molar-refractivity contribution in [3.8, 4) is 0 Å². The van der Waals surface area contributed by atoms with Gasteiger partial charge in [-0.25, -0.2) is 9.79 Å². The minimum atomic E-state index is -0.378. The second-order valence-corrected chi connectivity index (χ2v) is 9.21. The van der Waals surface area contributed by atoms with Crippen molar-refractivity contribution in [1.82, 2.24) is 14.7 Å². The number of methoxy groups -OCH3 is 1. The van der Waals surface area contributed by atoms with Gasteiger partial charge in [0, 0.05) is 31.9 Å². The quantitative estimate of drug-likeness (QED) is 0.636. The Morgan fingerprint density at radius 1 is 1.16 bits per heavy atom. The van der Waals surface area contributed by atoms with Crippen LogP contribution in [0.3, 0.4) is 0 Å². The number of rotatable bonds is 5. The Bertz CT molecular complexity index is 991. The number of hydrogen-bond acceptors (Lipinski definition) is 7. The van der Waals surface area contributed by atoms with Crippen molar-refractivity contribution in [2.45, 2.75) is 32.7 Å². The van der Waals surface area contributed by atoms with Crippen molar-refractivity contribution in [2.24, 2.45) is 4.99 Å². The Kier molecular flexibility index (Phi) is 6.71. The maximum Gasteiger partial charge on any atom is 0.338 e. The van der Waals surface area contributed by atoms with Crippen LogP contribution in [-0.4, -0.2) is 72.1 Å². The number of piperazine rings is 1. The van der Waals surface area contributed by atoms with E-state index in [1.807, 2.05) is 48.4 Å². The molecule has 1 fully saturated rings. The summed E-state index contributed by atoms with van der Waals surface area (Å²) in [7, 11) is 3.48. The average Bonchev–Trinajstić information content (AvgIpc) is 3.20. The first kappa shape index (κ1) is 22.6. The zero-order chi connectivity index (χ0) is 22.8. The maximum atomic E-state index is 13.1. The Balaban J connectivity index is 1.68. The van der Waals surface area contributed by atoms with E-state index in [4.69, 9.17) is 9.73 Å². The molecule has 0 aliphatic carbocycles. The summed E-state index contributed by atoms with van der Waals surface area (Å²) in [5.74, 6) is -0.268. The first-order valence-electron chi connectivity index (χ1n) is 11.0. The smallest absolute Gasteiger partial charge is 0.338 e. The number of benzene rings is 1. The molecule has 1 atom stereocenters. The molecule has 0 radical (unpaired) electrons. The third kappa shape index (κ3) is 4.34. The number of esters is 1. The highest BCUT2D eigenvalue weighted by molar-refractivity contribution is 8.16. The van der Waals surface area contributed by atoms with E-state index >= 15 is 0 Å². The number of aryl methyl sites for hydroxylation is 1. The predicted octanol–water partition coefficient (Wildman–Crippen LogP) is 3.30. The summed E-state index contributed by atoms with van der Waals surface area (Å²) in [6.45, 7) is 7.29. The number of hydrogen-bond donors (Lipinski definition) is 0. The molecule has 3 aliphatic rings. The minimum Gasteiger partial charge on any atom is -0.466 e. The molecule has 7 nitrogen and oxygen atoms in total. The van der Waals surface area contributed by atoms with Crippen molar-refractivity contribution < 1.29 is 14.3 Å². The summed E-state index contributed by atoms with van der Waals surface area (Å²) in [4.78, 5) is 37.0. The molecule has 0 spiro atoms. The van der Waals surface area contributed by atoms with Gasteiger partial charge in [0.2, 0.25) is 5.91 Å². The summed E-state index contributed by atoms with van der Waals surface area (Å²) in [6, 6.07) is 7.81. The fraction of sp³-hybridized carbons (Fsp3) is 0.458. The lowest BCUT2D eigenvalue weighted by Crippen LogP contribution is -2.47. The largest absolute Gasteiger partial charge is 0.466 e. The summed E-state index contributed by atoms with van der Waals surface area (Å²) in [5.41, 5.74) is 4.29. The SMILES string of the molecule is CCC1=C(C(=O)OC)C(c2ccc(C)cc2)N2C(CC(=O)N3CCN(C)CC3)=CSC2=N1. The highest BCUT2D eigenvalue weighted by atomic mass is 32.2. The van der Waals surface area contributed by atoms with E-state index in [2.05, 4.69) is 16.8 Å². The van der Waals surface area contributed by atoms with E-state index in [9.17, 15) is 9.59 Å². The van der Waals surface area contributed by atoms with Crippen LogP contribution in [0.5, 0.6) is 0 Å². The molecule has 1 aromatic rings. The Morgan fingerprint density at radius 3 is 2.47 bits per heavy atom. The monoisotopic (exact) mass is 454 g/mol. The van der Waals surface area contributed by atoms with E-state index in [1.54, 1.807) is 0 Å². The highest BCUT2D eigenvalue weighted by Gasteiger charge is 2.41. The fourth-order valence-corrected chi connectivity index (χ4v) is 5.24. The number of carbonyl (C=O) groups excluding carboxylic acids is 2. The normalized spacial score (nSPS) is 21.3. The molecular formula is C24H30N4O3S. The lowest BCUT2D eigenvalue weighted by atomic mass is 9.92. The van der Waals surface area contributed by atoms with Crippen LogP contribution in [0.2, 0.25) is 0 Å². The molecule has 170 valence electrons. The number of likely N-dealkylation sites (N-methyl/N-ethyl adjacent to an activating group) is 1. The van der Waals surface area contributed by atoms with Crippen molar-refractivity contribution in [3.05, 3.63) is 57.8 Å². The Hall–Kier alpha value is -2.58. The van der Waals surface area contributed by atoms with Crippen molar-refractivity contribution in [3.63, 3.8) is 0 Å². The van der Waals surface area contributed by atoms with Crippen LogP contribution in [0.4, 0.5) is 0 Å². The molecular weight excluding hydrogens is 424 g/mol. The predicted molar refractivity (Wildman–Crippen MR) is 127 cm³/mol. The van der Waals surface area contributed by atoms with Crippen molar-refractivity contribution >= 4 is 28.8 Å². The van der Waals surface area contributed by atoms with Crippen LogP contribution in [0.25, 0.3) is 0 Å². The molecule has 4 rings (SSSR count). The van der Waals surface area contributed by atoms with Gasteiger partial charge in [-0.05, 0) is 31.4 Å². The zero-order valence-electron chi connectivity index (χ0n) is 19.1. The van der Waals surface area contributed by atoms with Gasteiger partial charge in [0.05, 0.1) is 30.8 Å². The van der Waals surface area contributed by atoms with Gasteiger partial charge in [-0.2, -0.15) is 0 Å². The molecule has 1 unspecified atom stereocenters. The fourth-order valence-electron chi connectivity index (χ4n) is 4.30. The second-order valence-electron chi connectivity index (χ2n) is 8.37. The minimum absolute atomic E-state index is 0.110. The van der Waals surface area contributed by atoms with E-state index in [0.29, 0.717) is 12.0 Å². The van der Waals surface area contributed by atoms with Gasteiger partial charge in [0.1, 0.15) is 0 Å². The van der Waals surface area contributed by atoms with Gasteiger partial charge in [0.15, 0.2) is 5.17 Å². The van der Waals surface area contributed by atoms with Crippen LogP contribution in [0.15, 0.2) is 51.6 Å². The van der Waals surface area contributed by atoms with Crippen LogP contribution >= 0.6 is 11.8 Å². The van der Waals surface area contributed by atoms with Crippen molar-refractivity contribution in [1.29, 1.82) is 0 Å². The standard InChI is InChI=1S/C24H30N4O3S/c1-5-19-21(23(30)31-4)22(17-8-6-16(2)7-9-17)28-18(15-32-24(28)25-19)14-20(29)27-12-10-26(3)11-13-27/h6-9,15,22H,5,10-14H2,1-4H3. The number of amidine groups is 1. The molecule has 0 bridgehead atoms. The zero-order valence-corrected chi connectivity index (χ0v) is 19.9. The third-order valence-electron chi connectivity index (χ3n) is 6.21. The van der Waals surface area contributed by atoms with Gasteiger partial charge < -0.3 is 19.4 Å². The number of thioether (sulfide) groups is 1. The van der Waals surface area contributed by atoms with Crippen LogP contribution in [0, 0.1) is 6.92 Å². The Labute approximate surface area is 193 Å². The first-order chi connectivity index (χ1) is 15.4. The molecule has 1 amide bonds. The number of aliphatic imine (C=N–C) groups is 1. The molecule has 0 N–H and O–H groups in total. The number of fused-ring (bicyclic) bond motifs is 1. The molecule has 0 aromatic heterocycles. The van der Waals surface area contributed by atoms with E-state index in [0.717, 1.165) is 53.9 Å². The maximum absolute atomic E-state index is 13.1. The average molecular weight is 455 g/mol. The topological polar surface area (TPSA) is 65.5 Å². The number of nitrogens with zero attached hydrogens (tertiary/aromatic N) is 4. The number of ether oxygens (including phenoxy) is 1. The summed E-state index contributed by atoms with van der Waals surface area (Å²) >= 11 is 1.51. The van der Waals surface area contributed by atoms with E-state index < -0.39 is 0 Å². The molecule has 3 aliphatic heterocycles. The third-order valence-corrected chi connectivity index (χ3v) is 7.10. The number of carbonyl (C=O) groups is 2. The highest BCUT2D eigenvalue weighted by Crippen LogP contribution is 2.45. The summed E-state index contributed by atoms with van der Waals surface area (Å²) in [6.07, 6.45) is 0.911. The molecule has 3 heterocycles. The summed E-state index contributed by atoms with van der Waals surface area (Å²) in [5, 5.41) is 2.81. The molecule has 1 saturated heterocycles. The van der Waals surface area contributed by atoms with Gasteiger partial charge in [-0.15, -0.1) is 0 Å². The molecule has 32 heavy (non-hydrogen) atoms. The number of amides is 1. The molecule has 8 heteroatoms. The van der Waals surface area contributed by atoms with Crippen LogP contribution in [-0.2, 0) is 14.3 Å². The number of allylic oxidation sites excluding steroid dienone is 1. The van der Waals surface area contributed by atoms with Crippen molar-refractivity contribution in [2.75, 3.05) is 40.3 Å². The molecule has 1 aromatic carbocycles. The second kappa shape index (κ2) is 9.50. The van der Waals surface area contributed by atoms with Gasteiger partial charge >= 0.3 is 5.97 Å². The summed E-state index contributed by atoms with van der Waals surface area (Å²) < 4.78 is 5.17. The van der Waals surface area contributed by atoms with E-state index in [1.165, 1.54) is 18.9 Å². The van der Waals surface area contributed by atoms with Crippen LogP contribution in [0.1, 0.15) is 36.9 Å². The van der Waals surface area contributed by atoms with Crippen LogP contribution < -0.4 is 0 Å².